The minimum absolute atomic E-state index is 0.166. The molecule has 0 bridgehead atoms. The number of alkyl halides is 1. The Morgan fingerprint density at radius 2 is 1.62 bits per heavy atom. The summed E-state index contributed by atoms with van der Waals surface area (Å²) in [5, 5.41) is -2.77. The summed E-state index contributed by atoms with van der Waals surface area (Å²) >= 11 is 0. The first-order valence-electron chi connectivity index (χ1n) is 9.79. The number of ketones is 1. The molecule has 0 aromatic heterocycles. The molecule has 1 aliphatic rings. The molecular formula is C22H32FO5P. The molecule has 0 saturated heterocycles. The van der Waals surface area contributed by atoms with Gasteiger partial charge in [-0.1, -0.05) is 26.8 Å². The van der Waals surface area contributed by atoms with Gasteiger partial charge in [-0.15, -0.1) is 0 Å². The van der Waals surface area contributed by atoms with Crippen LogP contribution in [0.4, 0.5) is 4.39 Å². The first kappa shape index (κ1) is 23.8. The van der Waals surface area contributed by atoms with E-state index in [1.807, 2.05) is 6.07 Å². The van der Waals surface area contributed by atoms with Crippen LogP contribution in [0.25, 0.3) is 6.08 Å². The van der Waals surface area contributed by atoms with Crippen molar-refractivity contribution in [1.29, 1.82) is 0 Å². The summed E-state index contributed by atoms with van der Waals surface area (Å²) in [6.45, 7) is 7.23. The van der Waals surface area contributed by atoms with Gasteiger partial charge >= 0.3 is 7.60 Å². The Labute approximate surface area is 173 Å². The molecule has 0 saturated carbocycles. The molecular weight excluding hydrogens is 394 g/mol. The molecule has 1 aliphatic carbocycles. The van der Waals surface area contributed by atoms with Gasteiger partial charge in [-0.3, -0.25) is 9.36 Å². The van der Waals surface area contributed by atoms with E-state index in [2.05, 4.69) is 20.8 Å². The van der Waals surface area contributed by atoms with Gasteiger partial charge in [-0.05, 0) is 66.9 Å². The predicted octanol–water partition coefficient (Wildman–Crippen LogP) is 5.63. The molecule has 2 rings (SSSR count). The summed E-state index contributed by atoms with van der Waals surface area (Å²) < 4.78 is 42.6. The fourth-order valence-corrected chi connectivity index (χ4v) is 4.93. The van der Waals surface area contributed by atoms with E-state index in [4.69, 9.17) is 13.8 Å². The minimum Gasteiger partial charge on any atom is -0.496 e. The van der Waals surface area contributed by atoms with Gasteiger partial charge in [0.05, 0.1) is 7.11 Å². The van der Waals surface area contributed by atoms with Crippen LogP contribution >= 0.6 is 7.60 Å². The molecule has 7 heteroatoms. The van der Waals surface area contributed by atoms with E-state index in [1.54, 1.807) is 13.2 Å². The Hall–Kier alpha value is -1.49. The van der Waals surface area contributed by atoms with Gasteiger partial charge in [0.2, 0.25) is 5.78 Å². The number of halogens is 1. The maximum absolute atomic E-state index is 15.0. The third kappa shape index (κ3) is 4.50. The number of benzene rings is 1. The molecule has 29 heavy (non-hydrogen) atoms. The highest BCUT2D eigenvalue weighted by Crippen LogP contribution is 2.60. The summed E-state index contributed by atoms with van der Waals surface area (Å²) in [6.07, 6.45) is 6.63. The van der Waals surface area contributed by atoms with Gasteiger partial charge < -0.3 is 13.8 Å². The lowest BCUT2D eigenvalue weighted by molar-refractivity contribution is -0.121. The largest absolute Gasteiger partial charge is 0.496 e. The van der Waals surface area contributed by atoms with Crippen LogP contribution in [0.5, 0.6) is 5.75 Å². The molecule has 5 nitrogen and oxygen atoms in total. The molecule has 1 aromatic carbocycles. The number of carbonyl (C=O) groups is 1. The van der Waals surface area contributed by atoms with Gasteiger partial charge in [0.25, 0.3) is 5.41 Å². The fourth-order valence-electron chi connectivity index (χ4n) is 3.75. The average molecular weight is 426 g/mol. The SMILES string of the molecule is COc1c(C(C)(C)C)cc(/C=C/C(=O)C(C)(F)P(=O)(OC)OC)c2c1CCCC2. The Kier molecular flexibility index (Phi) is 7.14. The van der Waals surface area contributed by atoms with E-state index in [-0.39, 0.29) is 5.41 Å². The predicted molar refractivity (Wildman–Crippen MR) is 114 cm³/mol. The van der Waals surface area contributed by atoms with Crippen molar-refractivity contribution < 1.29 is 27.5 Å². The van der Waals surface area contributed by atoms with Crippen molar-refractivity contribution in [1.82, 2.24) is 0 Å². The van der Waals surface area contributed by atoms with Crippen molar-refractivity contribution in [2.24, 2.45) is 0 Å². The number of allylic oxidation sites excluding steroid dienone is 1. The number of hydrogen-bond acceptors (Lipinski definition) is 5. The third-order valence-electron chi connectivity index (χ3n) is 5.51. The quantitative estimate of drug-likeness (QED) is 0.418. The van der Waals surface area contributed by atoms with Crippen LogP contribution in [0.2, 0.25) is 0 Å². The molecule has 0 aliphatic heterocycles. The number of ether oxygens (including phenoxy) is 1. The monoisotopic (exact) mass is 426 g/mol. The molecule has 1 atom stereocenters. The van der Waals surface area contributed by atoms with Gasteiger partial charge in [0.1, 0.15) is 5.75 Å². The molecule has 0 heterocycles. The number of fused-ring (bicyclic) bond motifs is 1. The van der Waals surface area contributed by atoms with Crippen LogP contribution in [0, 0.1) is 0 Å². The molecule has 162 valence electrons. The van der Waals surface area contributed by atoms with Crippen LogP contribution in [0.1, 0.15) is 62.8 Å². The van der Waals surface area contributed by atoms with Gasteiger partial charge in [-0.25, -0.2) is 4.39 Å². The normalized spacial score (nSPS) is 17.1. The Morgan fingerprint density at radius 1 is 1.07 bits per heavy atom. The zero-order valence-corrected chi connectivity index (χ0v) is 19.3. The van der Waals surface area contributed by atoms with Crippen molar-refractivity contribution in [2.45, 2.75) is 64.2 Å². The zero-order valence-electron chi connectivity index (χ0n) is 18.4. The number of methoxy groups -OCH3 is 1. The second-order valence-electron chi connectivity index (χ2n) is 8.47. The van der Waals surface area contributed by atoms with Gasteiger partial charge in [-0.2, -0.15) is 0 Å². The molecule has 0 spiro atoms. The van der Waals surface area contributed by atoms with E-state index in [9.17, 15) is 9.36 Å². The van der Waals surface area contributed by atoms with E-state index in [0.29, 0.717) is 0 Å². The fraction of sp³-hybridized carbons (Fsp3) is 0.591. The van der Waals surface area contributed by atoms with Crippen LogP contribution in [0.15, 0.2) is 12.1 Å². The molecule has 0 radical (unpaired) electrons. The lowest BCUT2D eigenvalue weighted by Crippen LogP contribution is -2.30. The summed E-state index contributed by atoms with van der Waals surface area (Å²) in [4.78, 5) is 12.6. The van der Waals surface area contributed by atoms with E-state index >= 15 is 4.39 Å². The van der Waals surface area contributed by atoms with Crippen molar-refractivity contribution >= 4 is 19.5 Å². The molecule has 0 amide bonds. The summed E-state index contributed by atoms with van der Waals surface area (Å²) in [5.41, 5.74) is 4.00. The van der Waals surface area contributed by atoms with Gasteiger partial charge in [0.15, 0.2) is 0 Å². The highest BCUT2D eigenvalue weighted by Gasteiger charge is 2.52. The lowest BCUT2D eigenvalue weighted by Gasteiger charge is -2.29. The first-order chi connectivity index (χ1) is 13.4. The molecule has 1 aromatic rings. The molecule has 0 fully saturated rings. The zero-order chi connectivity index (χ0) is 22.0. The van der Waals surface area contributed by atoms with Crippen molar-refractivity contribution in [2.75, 3.05) is 21.3 Å². The van der Waals surface area contributed by atoms with Crippen LogP contribution in [-0.4, -0.2) is 32.5 Å². The van der Waals surface area contributed by atoms with E-state index in [0.717, 1.165) is 80.9 Å². The van der Waals surface area contributed by atoms with Crippen LogP contribution in [-0.2, 0) is 36.7 Å². The van der Waals surface area contributed by atoms with Crippen molar-refractivity contribution in [3.8, 4) is 5.75 Å². The van der Waals surface area contributed by atoms with Crippen molar-refractivity contribution in [3.05, 3.63) is 34.4 Å². The summed E-state index contributed by atoms with van der Waals surface area (Å²) in [7, 11) is -0.412. The minimum atomic E-state index is -4.22. The second-order valence-corrected chi connectivity index (χ2v) is 11.0. The van der Waals surface area contributed by atoms with Gasteiger partial charge in [0, 0.05) is 19.8 Å². The summed E-state index contributed by atoms with van der Waals surface area (Å²) in [5.74, 6) is -0.0588. The van der Waals surface area contributed by atoms with Crippen LogP contribution < -0.4 is 4.74 Å². The number of rotatable bonds is 7. The Bertz CT molecular complexity index is 844. The topological polar surface area (TPSA) is 61.8 Å². The number of hydrogen-bond donors (Lipinski definition) is 0. The Balaban J connectivity index is 2.55. The van der Waals surface area contributed by atoms with E-state index in [1.165, 1.54) is 0 Å². The standard InChI is InChI=1S/C22H32FO5P/c1-21(2,3)18-14-15(16-10-8-9-11-17(16)20(18)26-5)12-13-19(24)22(4,23)29(25,27-6)28-7/h12-14H,8-11H2,1-7H3/b13-12+. The smallest absolute Gasteiger partial charge is 0.374 e. The second kappa shape index (κ2) is 8.71. The average Bonchev–Trinajstić information content (AvgIpc) is 2.69. The first-order valence-corrected chi connectivity index (χ1v) is 11.3. The van der Waals surface area contributed by atoms with E-state index < -0.39 is 18.8 Å². The maximum atomic E-state index is 15.0. The molecule has 1 unspecified atom stereocenters. The molecule has 0 N–H and O–H groups in total. The highest BCUT2D eigenvalue weighted by atomic mass is 31.2. The summed E-state index contributed by atoms with van der Waals surface area (Å²) in [6, 6.07) is 2.01. The van der Waals surface area contributed by atoms with Crippen LogP contribution in [0.3, 0.4) is 0 Å². The lowest BCUT2D eigenvalue weighted by atomic mass is 9.78. The maximum Gasteiger partial charge on any atom is 0.374 e. The Morgan fingerprint density at radius 3 is 2.10 bits per heavy atom. The highest BCUT2D eigenvalue weighted by molar-refractivity contribution is 7.56. The third-order valence-corrected chi connectivity index (χ3v) is 7.72. The number of carbonyl (C=O) groups excluding carboxylic acids is 1. The van der Waals surface area contributed by atoms with Crippen molar-refractivity contribution in [3.63, 3.8) is 0 Å².